The average molecular weight is 456 g/mol. The van der Waals surface area contributed by atoms with Crippen molar-refractivity contribution in [3.8, 4) is 6.07 Å². The minimum atomic E-state index is -3.73. The minimum Gasteiger partial charge on any atom is -0.468 e. The van der Waals surface area contributed by atoms with Crippen LogP contribution in [0.4, 0.5) is 5.00 Å². The Morgan fingerprint density at radius 1 is 1.23 bits per heavy atom. The average Bonchev–Trinajstić information content (AvgIpc) is 3.40. The quantitative estimate of drug-likeness (QED) is 0.601. The summed E-state index contributed by atoms with van der Waals surface area (Å²) in [6.45, 7) is 0.109. The van der Waals surface area contributed by atoms with E-state index in [9.17, 15) is 18.5 Å². The van der Waals surface area contributed by atoms with Gasteiger partial charge in [-0.3, -0.25) is 4.79 Å². The number of thiophene rings is 1. The highest BCUT2D eigenvalue weighted by Gasteiger charge is 2.24. The second kappa shape index (κ2) is 8.67. The maximum atomic E-state index is 12.8. The van der Waals surface area contributed by atoms with E-state index < -0.39 is 10.0 Å². The van der Waals surface area contributed by atoms with Gasteiger partial charge in [-0.25, -0.2) is 8.42 Å². The maximum Gasteiger partial charge on any atom is 0.256 e. The van der Waals surface area contributed by atoms with Gasteiger partial charge in [0, 0.05) is 17.5 Å². The van der Waals surface area contributed by atoms with Gasteiger partial charge in [-0.15, -0.1) is 11.3 Å². The number of fused-ring (bicyclic) bond motifs is 1. The van der Waals surface area contributed by atoms with E-state index in [1.54, 1.807) is 12.1 Å². The molecule has 0 atom stereocenters. The summed E-state index contributed by atoms with van der Waals surface area (Å²) in [6.07, 6.45) is 5.43. The molecular weight excluding hydrogens is 434 g/mol. The number of rotatable bonds is 6. The van der Waals surface area contributed by atoms with Gasteiger partial charge in [0.05, 0.1) is 23.3 Å². The largest absolute Gasteiger partial charge is 0.468 e. The van der Waals surface area contributed by atoms with Gasteiger partial charge in [-0.1, -0.05) is 0 Å². The van der Waals surface area contributed by atoms with Crippen molar-refractivity contribution in [2.24, 2.45) is 0 Å². The molecule has 0 spiro atoms. The molecule has 1 aliphatic rings. The molecule has 0 saturated carbocycles. The van der Waals surface area contributed by atoms with E-state index in [2.05, 4.69) is 11.4 Å². The van der Waals surface area contributed by atoms with Gasteiger partial charge in [-0.2, -0.15) is 9.57 Å². The van der Waals surface area contributed by atoms with Gasteiger partial charge in [0.25, 0.3) is 5.91 Å². The van der Waals surface area contributed by atoms with Crippen LogP contribution in [0.15, 0.2) is 52.0 Å². The number of nitriles is 1. The first-order valence-corrected chi connectivity index (χ1v) is 12.1. The number of nitrogens with one attached hydrogen (secondary N) is 1. The molecule has 0 unspecified atom stereocenters. The van der Waals surface area contributed by atoms with Crippen molar-refractivity contribution in [3.05, 3.63) is 70.0 Å². The molecule has 0 radical (unpaired) electrons. The summed E-state index contributed by atoms with van der Waals surface area (Å²) in [5, 5.41) is 12.9. The van der Waals surface area contributed by atoms with Crippen LogP contribution in [0.2, 0.25) is 0 Å². The first kappa shape index (κ1) is 21.3. The summed E-state index contributed by atoms with van der Waals surface area (Å²) in [4.78, 5) is 14.0. The normalized spacial score (nSPS) is 13.6. The summed E-state index contributed by atoms with van der Waals surface area (Å²) in [5.41, 5.74) is 1.92. The first-order chi connectivity index (χ1) is 14.9. The number of aryl methyl sites for hydroxylation is 1. The second-order valence-corrected chi connectivity index (χ2v) is 10.5. The molecule has 2 aromatic heterocycles. The van der Waals surface area contributed by atoms with Crippen molar-refractivity contribution in [1.29, 1.82) is 5.26 Å². The molecule has 31 heavy (non-hydrogen) atoms. The summed E-state index contributed by atoms with van der Waals surface area (Å²) in [6, 6.07) is 11.4. The predicted molar refractivity (Wildman–Crippen MR) is 117 cm³/mol. The molecule has 1 amide bonds. The van der Waals surface area contributed by atoms with Gasteiger partial charge in [0.1, 0.15) is 16.8 Å². The Morgan fingerprint density at radius 2 is 1.97 bits per heavy atom. The molecule has 7 nitrogen and oxygen atoms in total. The van der Waals surface area contributed by atoms with Crippen molar-refractivity contribution in [2.45, 2.75) is 37.1 Å². The van der Waals surface area contributed by atoms with Gasteiger partial charge < -0.3 is 9.73 Å². The Morgan fingerprint density at radius 3 is 2.65 bits per heavy atom. The molecule has 2 heterocycles. The molecule has 0 aliphatic heterocycles. The fraction of sp³-hybridized carbons (Fsp3) is 0.273. The van der Waals surface area contributed by atoms with Crippen molar-refractivity contribution in [1.82, 2.24) is 4.31 Å². The Balaban J connectivity index is 1.50. The fourth-order valence-electron chi connectivity index (χ4n) is 3.61. The molecule has 1 N–H and O–H groups in total. The zero-order valence-corrected chi connectivity index (χ0v) is 18.6. The first-order valence-electron chi connectivity index (χ1n) is 9.85. The monoisotopic (exact) mass is 455 g/mol. The van der Waals surface area contributed by atoms with E-state index in [0.717, 1.165) is 31.2 Å². The number of carbonyl (C=O) groups is 1. The number of carbonyl (C=O) groups excluding carboxylic acids is 1. The van der Waals surface area contributed by atoms with Crippen LogP contribution in [0.1, 0.15) is 45.0 Å². The third kappa shape index (κ3) is 4.28. The molecule has 0 fully saturated rings. The number of hydrogen-bond donors (Lipinski definition) is 1. The number of sulfonamides is 1. The summed E-state index contributed by atoms with van der Waals surface area (Å²) in [5.74, 6) is 0.164. The predicted octanol–water partition coefficient (Wildman–Crippen LogP) is 4.16. The van der Waals surface area contributed by atoms with Gasteiger partial charge >= 0.3 is 0 Å². The number of hydrogen-bond acceptors (Lipinski definition) is 6. The number of anilines is 1. The topological polar surface area (TPSA) is 103 Å². The lowest BCUT2D eigenvalue weighted by Gasteiger charge is -2.16. The number of furan rings is 1. The van der Waals surface area contributed by atoms with Crippen LogP contribution in [0.5, 0.6) is 0 Å². The van der Waals surface area contributed by atoms with E-state index in [4.69, 9.17) is 4.42 Å². The summed E-state index contributed by atoms with van der Waals surface area (Å²) in [7, 11) is -2.26. The third-order valence-electron chi connectivity index (χ3n) is 5.29. The molecular formula is C22H21N3O4S2. The van der Waals surface area contributed by atoms with Crippen LogP contribution in [0.25, 0.3) is 0 Å². The van der Waals surface area contributed by atoms with Crippen molar-refractivity contribution < 1.29 is 17.6 Å². The molecule has 0 saturated heterocycles. The van der Waals surface area contributed by atoms with Crippen molar-refractivity contribution in [3.63, 3.8) is 0 Å². The fourth-order valence-corrected chi connectivity index (χ4v) is 5.98. The van der Waals surface area contributed by atoms with Gasteiger partial charge in [0.15, 0.2) is 0 Å². The highest BCUT2D eigenvalue weighted by Crippen LogP contribution is 2.37. The number of amides is 1. The lowest BCUT2D eigenvalue weighted by Crippen LogP contribution is -2.26. The zero-order valence-electron chi connectivity index (χ0n) is 16.9. The van der Waals surface area contributed by atoms with Crippen LogP contribution < -0.4 is 5.32 Å². The Bertz CT molecular complexity index is 1240. The molecule has 9 heteroatoms. The lowest BCUT2D eigenvalue weighted by atomic mass is 9.96. The highest BCUT2D eigenvalue weighted by atomic mass is 32.2. The van der Waals surface area contributed by atoms with Crippen molar-refractivity contribution >= 4 is 32.3 Å². The van der Waals surface area contributed by atoms with Crippen LogP contribution in [-0.2, 0) is 29.4 Å². The summed E-state index contributed by atoms with van der Waals surface area (Å²) < 4.78 is 32.0. The van der Waals surface area contributed by atoms with E-state index in [1.165, 1.54) is 58.1 Å². The van der Waals surface area contributed by atoms with E-state index in [0.29, 0.717) is 21.9 Å². The molecule has 1 aromatic carbocycles. The zero-order chi connectivity index (χ0) is 22.0. The summed E-state index contributed by atoms with van der Waals surface area (Å²) >= 11 is 1.46. The number of nitrogens with zero attached hydrogens (tertiary/aromatic N) is 2. The molecule has 1 aliphatic carbocycles. The van der Waals surface area contributed by atoms with E-state index in [-0.39, 0.29) is 17.3 Å². The maximum absolute atomic E-state index is 12.8. The Hall–Kier alpha value is -2.93. The standard InChI is InChI=1S/C22H21N3O4S2/c1-25(14-16-5-4-12-29-16)31(27,28)17-10-8-15(9-11-17)21(26)24-22-19(13-23)18-6-2-3-7-20(18)30-22/h4-5,8-12H,2-3,6-7,14H2,1H3,(H,24,26). The molecule has 160 valence electrons. The SMILES string of the molecule is CN(Cc1ccco1)S(=O)(=O)c1ccc(C(=O)Nc2sc3c(c2C#N)CCCC3)cc1. The smallest absolute Gasteiger partial charge is 0.256 e. The Kier molecular flexibility index (Phi) is 5.96. The molecule has 3 aromatic rings. The second-order valence-electron chi connectivity index (χ2n) is 7.35. The molecule has 0 bridgehead atoms. The Labute approximate surface area is 185 Å². The van der Waals surface area contributed by atoms with Crippen LogP contribution in [0.3, 0.4) is 0 Å². The van der Waals surface area contributed by atoms with Crippen LogP contribution in [0, 0.1) is 11.3 Å². The van der Waals surface area contributed by atoms with Crippen LogP contribution in [-0.4, -0.2) is 25.7 Å². The molecule has 4 rings (SSSR count). The third-order valence-corrected chi connectivity index (χ3v) is 8.32. The van der Waals surface area contributed by atoms with Crippen LogP contribution >= 0.6 is 11.3 Å². The minimum absolute atomic E-state index is 0.0856. The van der Waals surface area contributed by atoms with Crippen molar-refractivity contribution in [2.75, 3.05) is 12.4 Å². The highest BCUT2D eigenvalue weighted by molar-refractivity contribution is 7.89. The van der Waals surface area contributed by atoms with E-state index >= 15 is 0 Å². The number of benzene rings is 1. The van der Waals surface area contributed by atoms with Gasteiger partial charge in [-0.05, 0) is 67.6 Å². The lowest BCUT2D eigenvalue weighted by molar-refractivity contribution is 0.102. The van der Waals surface area contributed by atoms with Gasteiger partial charge in [0.2, 0.25) is 10.0 Å². The van der Waals surface area contributed by atoms with E-state index in [1.807, 2.05) is 0 Å².